The van der Waals surface area contributed by atoms with E-state index in [0.717, 1.165) is 17.6 Å². The molecule has 1 heterocycles. The van der Waals surface area contributed by atoms with Gasteiger partial charge in [0.15, 0.2) is 0 Å². The van der Waals surface area contributed by atoms with E-state index >= 15 is 0 Å². The van der Waals surface area contributed by atoms with E-state index in [1.165, 1.54) is 0 Å². The summed E-state index contributed by atoms with van der Waals surface area (Å²) < 4.78 is 5.32. The highest BCUT2D eigenvalue weighted by Crippen LogP contribution is 2.17. The van der Waals surface area contributed by atoms with Gasteiger partial charge in [-0.05, 0) is 31.2 Å². The van der Waals surface area contributed by atoms with Gasteiger partial charge in [-0.2, -0.15) is 0 Å². The van der Waals surface area contributed by atoms with Crippen molar-refractivity contribution in [1.29, 1.82) is 0 Å². The smallest absolute Gasteiger partial charge is 0.271 e. The van der Waals surface area contributed by atoms with Crippen molar-refractivity contribution in [2.45, 2.75) is 6.92 Å². The lowest BCUT2D eigenvalue weighted by atomic mass is 10.3. The molecule has 0 amide bonds. The average Bonchev–Trinajstić information content (AvgIpc) is 2.32. The zero-order chi connectivity index (χ0) is 12.1. The number of nitrogens with zero attached hydrogens (tertiary/aromatic N) is 2. The van der Waals surface area contributed by atoms with Crippen molar-refractivity contribution in [1.82, 2.24) is 15.2 Å². The Balaban J connectivity index is 2.11. The fourth-order valence-corrected chi connectivity index (χ4v) is 1.31. The Labute approximate surface area is 97.7 Å². The first-order valence-corrected chi connectivity index (χ1v) is 5.20. The molecular formula is C11H12N4O2. The van der Waals surface area contributed by atoms with Crippen LogP contribution < -0.4 is 15.6 Å². The van der Waals surface area contributed by atoms with Crippen LogP contribution in [-0.4, -0.2) is 21.8 Å². The number of nitrogens with one attached hydrogen (secondary N) is 2. The van der Waals surface area contributed by atoms with Gasteiger partial charge < -0.3 is 10.1 Å². The molecular weight excluding hydrogens is 220 g/mol. The SMILES string of the molecule is CCOc1ccc(Nc2nncc(=O)[nH]2)cc1. The van der Waals surface area contributed by atoms with Crippen LogP contribution in [0.2, 0.25) is 0 Å². The number of ether oxygens (including phenoxy) is 1. The molecule has 0 aliphatic carbocycles. The average molecular weight is 232 g/mol. The predicted octanol–water partition coefficient (Wildman–Crippen LogP) is 1.31. The first-order chi connectivity index (χ1) is 8.28. The van der Waals surface area contributed by atoms with Crippen LogP contribution in [0.15, 0.2) is 35.3 Å². The molecule has 1 aromatic carbocycles. The minimum Gasteiger partial charge on any atom is -0.494 e. The van der Waals surface area contributed by atoms with Gasteiger partial charge in [-0.3, -0.25) is 9.78 Å². The Morgan fingerprint density at radius 3 is 2.76 bits per heavy atom. The molecule has 17 heavy (non-hydrogen) atoms. The summed E-state index contributed by atoms with van der Waals surface area (Å²) in [4.78, 5) is 13.5. The van der Waals surface area contributed by atoms with Crippen molar-refractivity contribution in [2.24, 2.45) is 0 Å². The van der Waals surface area contributed by atoms with Crippen molar-refractivity contribution in [3.8, 4) is 5.75 Å². The number of aromatic nitrogens is 3. The van der Waals surface area contributed by atoms with E-state index in [-0.39, 0.29) is 5.56 Å². The maximum atomic E-state index is 11.0. The summed E-state index contributed by atoms with van der Waals surface area (Å²) in [6, 6.07) is 7.33. The van der Waals surface area contributed by atoms with E-state index in [1.54, 1.807) is 0 Å². The molecule has 88 valence electrons. The van der Waals surface area contributed by atoms with Gasteiger partial charge in [0, 0.05) is 5.69 Å². The van der Waals surface area contributed by atoms with E-state index in [0.29, 0.717) is 12.6 Å². The van der Waals surface area contributed by atoms with Crippen molar-refractivity contribution in [3.63, 3.8) is 0 Å². The zero-order valence-corrected chi connectivity index (χ0v) is 9.30. The number of anilines is 2. The van der Waals surface area contributed by atoms with Crippen molar-refractivity contribution in [2.75, 3.05) is 11.9 Å². The topological polar surface area (TPSA) is 79.9 Å². The molecule has 6 heteroatoms. The lowest BCUT2D eigenvalue weighted by Crippen LogP contribution is -2.10. The van der Waals surface area contributed by atoms with Crippen LogP contribution in [-0.2, 0) is 0 Å². The molecule has 2 aromatic rings. The normalized spacial score (nSPS) is 9.94. The molecule has 6 nitrogen and oxygen atoms in total. The van der Waals surface area contributed by atoms with Crippen LogP contribution >= 0.6 is 0 Å². The Bertz CT molecular complexity index is 536. The van der Waals surface area contributed by atoms with Crippen LogP contribution in [0.25, 0.3) is 0 Å². The Morgan fingerprint density at radius 2 is 2.12 bits per heavy atom. The van der Waals surface area contributed by atoms with E-state index in [2.05, 4.69) is 20.5 Å². The molecule has 0 atom stereocenters. The van der Waals surface area contributed by atoms with Gasteiger partial charge in [-0.25, -0.2) is 0 Å². The molecule has 0 fully saturated rings. The second kappa shape index (κ2) is 5.11. The molecule has 2 N–H and O–H groups in total. The minimum atomic E-state index is -0.298. The first kappa shape index (κ1) is 11.1. The third-order valence-electron chi connectivity index (χ3n) is 2.00. The largest absolute Gasteiger partial charge is 0.494 e. The van der Waals surface area contributed by atoms with Gasteiger partial charge in [0.25, 0.3) is 5.56 Å². The molecule has 0 unspecified atom stereocenters. The van der Waals surface area contributed by atoms with Crippen LogP contribution in [0.1, 0.15) is 6.92 Å². The van der Waals surface area contributed by atoms with Gasteiger partial charge in [-0.1, -0.05) is 0 Å². The monoisotopic (exact) mass is 232 g/mol. The molecule has 0 bridgehead atoms. The molecule has 0 spiro atoms. The number of aromatic amines is 1. The highest BCUT2D eigenvalue weighted by Gasteiger charge is 1.98. The Morgan fingerprint density at radius 1 is 1.35 bits per heavy atom. The number of H-pyrrole nitrogens is 1. The summed E-state index contributed by atoms with van der Waals surface area (Å²) in [6.45, 7) is 2.56. The highest BCUT2D eigenvalue weighted by atomic mass is 16.5. The molecule has 0 saturated carbocycles. The van der Waals surface area contributed by atoms with Gasteiger partial charge >= 0.3 is 0 Å². The van der Waals surface area contributed by atoms with E-state index in [1.807, 2.05) is 31.2 Å². The Kier molecular flexibility index (Phi) is 3.34. The van der Waals surface area contributed by atoms with Gasteiger partial charge in [0.1, 0.15) is 11.9 Å². The molecule has 0 aliphatic rings. The second-order valence-electron chi connectivity index (χ2n) is 3.26. The number of benzene rings is 1. The highest BCUT2D eigenvalue weighted by molar-refractivity contribution is 5.53. The maximum absolute atomic E-state index is 11.0. The zero-order valence-electron chi connectivity index (χ0n) is 9.30. The summed E-state index contributed by atoms with van der Waals surface area (Å²) in [5.41, 5.74) is 0.498. The quantitative estimate of drug-likeness (QED) is 0.830. The summed E-state index contributed by atoms with van der Waals surface area (Å²) in [6.07, 6.45) is 1.11. The molecule has 0 aliphatic heterocycles. The van der Waals surface area contributed by atoms with Crippen LogP contribution in [0, 0.1) is 0 Å². The van der Waals surface area contributed by atoms with Gasteiger partial charge in [-0.15, -0.1) is 10.2 Å². The van der Waals surface area contributed by atoms with Crippen LogP contribution in [0.4, 0.5) is 11.6 Å². The molecule has 1 aromatic heterocycles. The molecule has 0 saturated heterocycles. The molecule has 2 rings (SSSR count). The fraction of sp³-hybridized carbons (Fsp3) is 0.182. The third kappa shape index (κ3) is 3.04. The van der Waals surface area contributed by atoms with Crippen molar-refractivity contribution >= 4 is 11.6 Å². The van der Waals surface area contributed by atoms with Crippen molar-refractivity contribution < 1.29 is 4.74 Å². The summed E-state index contributed by atoms with van der Waals surface area (Å²) in [7, 11) is 0. The fourth-order valence-electron chi connectivity index (χ4n) is 1.31. The summed E-state index contributed by atoms with van der Waals surface area (Å²) in [5, 5.41) is 10.2. The third-order valence-corrected chi connectivity index (χ3v) is 2.00. The first-order valence-electron chi connectivity index (χ1n) is 5.20. The number of hydrogen-bond donors (Lipinski definition) is 2. The van der Waals surface area contributed by atoms with Crippen LogP contribution in [0.3, 0.4) is 0 Å². The summed E-state index contributed by atoms with van der Waals surface area (Å²) in [5.74, 6) is 1.10. The number of rotatable bonds is 4. The maximum Gasteiger partial charge on any atom is 0.271 e. The number of hydrogen-bond acceptors (Lipinski definition) is 5. The second-order valence-corrected chi connectivity index (χ2v) is 3.26. The minimum absolute atomic E-state index is 0.298. The van der Waals surface area contributed by atoms with E-state index < -0.39 is 0 Å². The van der Waals surface area contributed by atoms with Gasteiger partial charge in [0.05, 0.1) is 6.61 Å². The standard InChI is InChI=1S/C11H12N4O2/c1-2-17-9-5-3-8(4-6-9)13-11-14-10(16)7-12-15-11/h3-7H,2H2,1H3,(H2,13,14,15,16). The lowest BCUT2D eigenvalue weighted by Gasteiger charge is -2.06. The predicted molar refractivity (Wildman–Crippen MR) is 63.5 cm³/mol. The lowest BCUT2D eigenvalue weighted by molar-refractivity contribution is 0.340. The van der Waals surface area contributed by atoms with E-state index in [4.69, 9.17) is 4.74 Å². The van der Waals surface area contributed by atoms with Crippen molar-refractivity contribution in [3.05, 3.63) is 40.8 Å². The molecule has 0 radical (unpaired) electrons. The van der Waals surface area contributed by atoms with E-state index in [9.17, 15) is 4.79 Å². The van der Waals surface area contributed by atoms with Gasteiger partial charge in [0.2, 0.25) is 5.95 Å². The Hall–Kier alpha value is -2.37. The summed E-state index contributed by atoms with van der Waals surface area (Å²) >= 11 is 0. The van der Waals surface area contributed by atoms with Crippen LogP contribution in [0.5, 0.6) is 5.75 Å².